The van der Waals surface area contributed by atoms with Crippen LogP contribution >= 0.6 is 0 Å². The third-order valence-corrected chi connectivity index (χ3v) is 3.65. The fourth-order valence-electron chi connectivity index (χ4n) is 2.60. The summed E-state index contributed by atoms with van der Waals surface area (Å²) >= 11 is 0. The van der Waals surface area contributed by atoms with Gasteiger partial charge in [-0.25, -0.2) is 9.38 Å². The molecule has 0 fully saturated rings. The number of rotatable bonds is 3. The van der Waals surface area contributed by atoms with Gasteiger partial charge >= 0.3 is 6.18 Å². The van der Waals surface area contributed by atoms with Crippen LogP contribution in [0, 0.1) is 5.82 Å². The molecule has 1 aliphatic rings. The first-order valence-electron chi connectivity index (χ1n) is 7.00. The van der Waals surface area contributed by atoms with E-state index in [0.717, 1.165) is 0 Å². The second-order valence-electron chi connectivity index (χ2n) is 5.38. The third kappa shape index (κ3) is 3.36. The highest BCUT2D eigenvalue weighted by molar-refractivity contribution is 5.95. The fourth-order valence-corrected chi connectivity index (χ4v) is 2.60. The second kappa shape index (κ2) is 5.68. The monoisotopic (exact) mass is 323 g/mol. The smallest absolute Gasteiger partial charge is 0.393 e. The van der Waals surface area contributed by atoms with Crippen molar-refractivity contribution in [1.82, 2.24) is 0 Å². The summed E-state index contributed by atoms with van der Waals surface area (Å²) in [6, 6.07) is 13.5. The average molecular weight is 323 g/mol. The maximum absolute atomic E-state index is 13.0. The van der Waals surface area contributed by atoms with Crippen LogP contribution in [0.2, 0.25) is 0 Å². The van der Waals surface area contributed by atoms with Gasteiger partial charge in [-0.05, 0) is 29.8 Å². The molecular weight excluding hydrogens is 310 g/mol. The molecule has 0 aliphatic carbocycles. The number of hydrogen-bond acceptors (Lipinski definition) is 2. The van der Waals surface area contributed by atoms with Gasteiger partial charge in [-0.15, -0.1) is 0 Å². The highest BCUT2D eigenvalue weighted by Crippen LogP contribution is 2.41. The van der Waals surface area contributed by atoms with E-state index in [0.29, 0.717) is 11.1 Å². The van der Waals surface area contributed by atoms with E-state index < -0.39 is 24.0 Å². The van der Waals surface area contributed by atoms with E-state index in [1.165, 1.54) is 24.3 Å². The van der Waals surface area contributed by atoms with Crippen molar-refractivity contribution in [2.24, 2.45) is 4.99 Å². The molecule has 2 aromatic rings. The van der Waals surface area contributed by atoms with Crippen molar-refractivity contribution >= 4 is 5.90 Å². The molecule has 1 unspecified atom stereocenters. The second-order valence-corrected chi connectivity index (χ2v) is 5.38. The lowest BCUT2D eigenvalue weighted by atomic mass is 9.90. The van der Waals surface area contributed by atoms with Crippen LogP contribution in [0.5, 0.6) is 0 Å². The van der Waals surface area contributed by atoms with Crippen molar-refractivity contribution in [1.29, 1.82) is 0 Å². The minimum absolute atomic E-state index is 0.0955. The molecule has 3 rings (SSSR count). The molecule has 0 saturated carbocycles. The highest BCUT2D eigenvalue weighted by atomic mass is 19.4. The van der Waals surface area contributed by atoms with Crippen molar-refractivity contribution in [3.05, 3.63) is 71.5 Å². The Bertz CT molecular complexity index is 710. The number of ether oxygens (including phenoxy) is 1. The van der Waals surface area contributed by atoms with E-state index in [4.69, 9.17) is 4.74 Å². The quantitative estimate of drug-likeness (QED) is 0.765. The average Bonchev–Trinajstić information content (AvgIpc) is 2.92. The lowest BCUT2D eigenvalue weighted by Gasteiger charge is -2.30. The van der Waals surface area contributed by atoms with Crippen molar-refractivity contribution < 1.29 is 22.3 Å². The Balaban J connectivity index is 1.93. The Hall–Kier alpha value is -2.37. The van der Waals surface area contributed by atoms with Gasteiger partial charge in [-0.1, -0.05) is 30.3 Å². The molecular formula is C17H13F4NO. The maximum Gasteiger partial charge on any atom is 0.393 e. The summed E-state index contributed by atoms with van der Waals surface area (Å²) in [5, 5.41) is 0. The van der Waals surface area contributed by atoms with Crippen LogP contribution < -0.4 is 0 Å². The van der Waals surface area contributed by atoms with Crippen molar-refractivity contribution in [3.8, 4) is 0 Å². The first kappa shape index (κ1) is 15.5. The summed E-state index contributed by atoms with van der Waals surface area (Å²) in [4.78, 5) is 4.12. The Morgan fingerprint density at radius 1 is 1.00 bits per heavy atom. The summed E-state index contributed by atoms with van der Waals surface area (Å²) in [7, 11) is 0. The van der Waals surface area contributed by atoms with Gasteiger partial charge in [0.1, 0.15) is 5.82 Å². The van der Waals surface area contributed by atoms with Gasteiger partial charge in [0.15, 0.2) is 5.60 Å². The van der Waals surface area contributed by atoms with Crippen molar-refractivity contribution in [3.63, 3.8) is 0 Å². The van der Waals surface area contributed by atoms with Gasteiger partial charge in [0.05, 0.1) is 13.0 Å². The van der Waals surface area contributed by atoms with Gasteiger partial charge in [0, 0.05) is 5.56 Å². The zero-order valence-corrected chi connectivity index (χ0v) is 12.0. The normalized spacial score (nSPS) is 21.0. The SMILES string of the molecule is Fc1ccc(C2=NCC(CC(F)(F)F)(c3ccccc3)O2)cc1. The zero-order chi connectivity index (χ0) is 16.5. The van der Waals surface area contributed by atoms with Gasteiger partial charge in [-0.3, -0.25) is 0 Å². The van der Waals surface area contributed by atoms with Crippen molar-refractivity contribution in [2.75, 3.05) is 6.54 Å². The first-order chi connectivity index (χ1) is 10.9. The Morgan fingerprint density at radius 3 is 2.26 bits per heavy atom. The van der Waals surface area contributed by atoms with E-state index in [-0.39, 0.29) is 12.4 Å². The summed E-state index contributed by atoms with van der Waals surface area (Å²) < 4.78 is 57.7. The predicted molar refractivity (Wildman–Crippen MR) is 77.7 cm³/mol. The van der Waals surface area contributed by atoms with Gasteiger partial charge < -0.3 is 4.74 Å². The first-order valence-corrected chi connectivity index (χ1v) is 7.00. The summed E-state index contributed by atoms with van der Waals surface area (Å²) in [6.45, 7) is -0.136. The minimum Gasteiger partial charge on any atom is -0.464 e. The van der Waals surface area contributed by atoms with Gasteiger partial charge in [0.2, 0.25) is 5.90 Å². The Kier molecular flexibility index (Phi) is 3.83. The predicted octanol–water partition coefficient (Wildman–Crippen LogP) is 4.45. The third-order valence-electron chi connectivity index (χ3n) is 3.65. The number of nitrogens with zero attached hydrogens (tertiary/aromatic N) is 1. The molecule has 0 radical (unpaired) electrons. The summed E-state index contributed by atoms with van der Waals surface area (Å²) in [5.41, 5.74) is -0.715. The van der Waals surface area contributed by atoms with E-state index >= 15 is 0 Å². The van der Waals surface area contributed by atoms with Crippen LogP contribution in [0.3, 0.4) is 0 Å². The molecule has 2 nitrogen and oxygen atoms in total. The molecule has 0 bridgehead atoms. The number of alkyl halides is 3. The van der Waals surface area contributed by atoms with Crippen LogP contribution in [0.4, 0.5) is 17.6 Å². The topological polar surface area (TPSA) is 21.6 Å². The van der Waals surface area contributed by atoms with E-state index in [1.54, 1.807) is 30.3 Å². The maximum atomic E-state index is 13.0. The highest BCUT2D eigenvalue weighted by Gasteiger charge is 2.48. The number of aliphatic imine (C=N–C) groups is 1. The van der Waals surface area contributed by atoms with Crippen LogP contribution in [0.1, 0.15) is 17.5 Å². The minimum atomic E-state index is -4.40. The van der Waals surface area contributed by atoms with Crippen LogP contribution in [-0.2, 0) is 10.3 Å². The van der Waals surface area contributed by atoms with Gasteiger partial charge in [-0.2, -0.15) is 13.2 Å². The van der Waals surface area contributed by atoms with E-state index in [9.17, 15) is 17.6 Å². The molecule has 1 atom stereocenters. The van der Waals surface area contributed by atoms with E-state index in [2.05, 4.69) is 4.99 Å². The number of hydrogen-bond donors (Lipinski definition) is 0. The number of halogens is 4. The zero-order valence-electron chi connectivity index (χ0n) is 12.0. The lowest BCUT2D eigenvalue weighted by Crippen LogP contribution is -2.36. The van der Waals surface area contributed by atoms with Crippen LogP contribution in [0.15, 0.2) is 59.6 Å². The Morgan fingerprint density at radius 2 is 1.65 bits per heavy atom. The Labute approximate surface area is 130 Å². The fraction of sp³-hybridized carbons (Fsp3) is 0.235. The van der Waals surface area contributed by atoms with Crippen molar-refractivity contribution in [2.45, 2.75) is 18.2 Å². The number of benzene rings is 2. The van der Waals surface area contributed by atoms with Gasteiger partial charge in [0.25, 0.3) is 0 Å². The molecule has 1 heterocycles. The van der Waals surface area contributed by atoms with Crippen LogP contribution in [0.25, 0.3) is 0 Å². The molecule has 1 aliphatic heterocycles. The molecule has 0 spiro atoms. The molecule has 2 aromatic carbocycles. The molecule has 0 amide bonds. The van der Waals surface area contributed by atoms with Crippen LogP contribution in [-0.4, -0.2) is 18.6 Å². The molecule has 120 valence electrons. The summed E-state index contributed by atoms with van der Waals surface area (Å²) in [5.74, 6) is -0.338. The summed E-state index contributed by atoms with van der Waals surface area (Å²) in [6.07, 6.45) is -5.54. The standard InChI is InChI=1S/C17H13F4NO/c18-14-8-6-12(7-9-14)15-22-11-16(23-15,10-17(19,20)21)13-4-2-1-3-5-13/h1-9H,10-11H2. The molecule has 0 N–H and O–H groups in total. The van der Waals surface area contributed by atoms with E-state index in [1.807, 2.05) is 0 Å². The molecule has 6 heteroatoms. The molecule has 0 saturated heterocycles. The largest absolute Gasteiger partial charge is 0.464 e. The molecule has 0 aromatic heterocycles. The lowest BCUT2D eigenvalue weighted by molar-refractivity contribution is -0.170. The molecule has 23 heavy (non-hydrogen) atoms.